The number of alkyl halides is 1. The summed E-state index contributed by atoms with van der Waals surface area (Å²) in [7, 11) is 0. The number of nitrogens with one attached hydrogen (secondary N) is 1. The van der Waals surface area contributed by atoms with E-state index in [0.717, 1.165) is 12.1 Å². The molecule has 0 aliphatic carbocycles. The van der Waals surface area contributed by atoms with Gasteiger partial charge in [-0.2, -0.15) is 0 Å². The first kappa shape index (κ1) is 16.0. The molecule has 110 valence electrons. The summed E-state index contributed by atoms with van der Waals surface area (Å²) in [5.74, 6) is -5.56. The highest BCUT2D eigenvalue weighted by Gasteiger charge is 2.31. The zero-order valence-corrected chi connectivity index (χ0v) is 10.1. The Kier molecular flexibility index (Phi) is 5.51. The van der Waals surface area contributed by atoms with Crippen LogP contribution in [0.25, 0.3) is 0 Å². The predicted molar refractivity (Wildman–Crippen MR) is 61.8 cm³/mol. The lowest BCUT2D eigenvalue weighted by molar-refractivity contribution is -0.159. The number of hydrogen-bond donors (Lipinski definition) is 3. The van der Waals surface area contributed by atoms with Gasteiger partial charge >= 0.3 is 11.9 Å². The van der Waals surface area contributed by atoms with Crippen LogP contribution in [0.4, 0.5) is 13.2 Å². The molecule has 1 atom stereocenters. The summed E-state index contributed by atoms with van der Waals surface area (Å²) in [6.07, 6.45) is -1.54. The third kappa shape index (κ3) is 3.95. The molecule has 0 spiro atoms. The average Bonchev–Trinajstić information content (AvgIpc) is 2.26. The van der Waals surface area contributed by atoms with Gasteiger partial charge in [0.1, 0.15) is 17.8 Å². The summed E-state index contributed by atoms with van der Waals surface area (Å²) >= 11 is 0. The van der Waals surface area contributed by atoms with E-state index in [1.54, 1.807) is 0 Å². The topological polar surface area (TPSA) is 86.6 Å². The summed E-state index contributed by atoms with van der Waals surface area (Å²) in [5.41, 5.74) is -0.431. The van der Waals surface area contributed by atoms with Crippen LogP contribution in [0.5, 0.6) is 0 Å². The number of carboxylic acids is 2. The number of carbonyl (C=O) groups is 2. The summed E-state index contributed by atoms with van der Waals surface area (Å²) in [6, 6.07) is 3.40. The Hall–Kier alpha value is -2.09. The Morgan fingerprint density at radius 3 is 1.90 bits per heavy atom. The SMILES string of the molecule is Fc1cccc(F)c1C(F)C1CNC1.O=C(O)C(=O)O. The fourth-order valence-electron chi connectivity index (χ4n) is 1.53. The number of carboxylic acid groups (broad SMARTS) is 2. The van der Waals surface area contributed by atoms with Crippen molar-refractivity contribution in [1.82, 2.24) is 5.32 Å². The first-order chi connectivity index (χ1) is 9.34. The molecule has 1 unspecified atom stereocenters. The second-order valence-electron chi connectivity index (χ2n) is 4.07. The molecule has 3 N–H and O–H groups in total. The molecule has 20 heavy (non-hydrogen) atoms. The smallest absolute Gasteiger partial charge is 0.414 e. The highest BCUT2D eigenvalue weighted by molar-refractivity contribution is 6.27. The molecular weight excluding hydrogens is 279 g/mol. The van der Waals surface area contributed by atoms with Gasteiger partial charge in [-0.25, -0.2) is 22.8 Å². The van der Waals surface area contributed by atoms with Crippen molar-refractivity contribution in [2.75, 3.05) is 13.1 Å². The van der Waals surface area contributed by atoms with Gasteiger partial charge in [-0.3, -0.25) is 0 Å². The van der Waals surface area contributed by atoms with E-state index in [9.17, 15) is 13.2 Å². The number of benzene rings is 1. The molecule has 1 aromatic carbocycles. The van der Waals surface area contributed by atoms with E-state index >= 15 is 0 Å². The van der Waals surface area contributed by atoms with Crippen molar-refractivity contribution in [3.8, 4) is 0 Å². The fourth-order valence-corrected chi connectivity index (χ4v) is 1.53. The van der Waals surface area contributed by atoms with Crippen LogP contribution in [-0.4, -0.2) is 35.2 Å². The van der Waals surface area contributed by atoms with Crippen LogP contribution in [0.1, 0.15) is 11.7 Å². The Bertz CT molecular complexity index is 473. The standard InChI is InChI=1S/C10H10F3N.C2H2O4/c11-7-2-1-3-8(12)9(7)10(13)6-4-14-5-6;3-1(4)2(5)6/h1-3,6,10,14H,4-5H2;(H,3,4)(H,5,6). The number of halogens is 3. The molecule has 1 aliphatic rings. The summed E-state index contributed by atoms with van der Waals surface area (Å²) in [6.45, 7) is 0.962. The van der Waals surface area contributed by atoms with Gasteiger partial charge in [0.05, 0.1) is 5.56 Å². The van der Waals surface area contributed by atoms with Crippen LogP contribution in [0.2, 0.25) is 0 Å². The van der Waals surface area contributed by atoms with Crippen molar-refractivity contribution in [3.63, 3.8) is 0 Å². The lowest BCUT2D eigenvalue weighted by Crippen LogP contribution is -2.44. The molecule has 0 aromatic heterocycles. The van der Waals surface area contributed by atoms with Gasteiger partial charge in [-0.05, 0) is 12.1 Å². The maximum absolute atomic E-state index is 13.6. The lowest BCUT2D eigenvalue weighted by atomic mass is 9.92. The first-order valence-electron chi connectivity index (χ1n) is 5.59. The highest BCUT2D eigenvalue weighted by atomic mass is 19.2. The summed E-state index contributed by atoms with van der Waals surface area (Å²) in [5, 5.41) is 17.6. The lowest BCUT2D eigenvalue weighted by Gasteiger charge is -2.30. The quantitative estimate of drug-likeness (QED) is 0.716. The second-order valence-corrected chi connectivity index (χ2v) is 4.07. The van der Waals surface area contributed by atoms with Crippen molar-refractivity contribution in [1.29, 1.82) is 0 Å². The molecule has 1 fully saturated rings. The largest absolute Gasteiger partial charge is 0.473 e. The Morgan fingerprint density at radius 2 is 1.60 bits per heavy atom. The van der Waals surface area contributed by atoms with E-state index in [1.807, 2.05) is 0 Å². The van der Waals surface area contributed by atoms with Crippen molar-refractivity contribution >= 4 is 11.9 Å². The molecule has 1 heterocycles. The molecule has 0 amide bonds. The molecule has 1 saturated heterocycles. The van der Waals surface area contributed by atoms with Gasteiger partial charge in [0, 0.05) is 19.0 Å². The van der Waals surface area contributed by atoms with Gasteiger partial charge in [0.25, 0.3) is 0 Å². The summed E-state index contributed by atoms with van der Waals surface area (Å²) in [4.78, 5) is 18.2. The van der Waals surface area contributed by atoms with Crippen LogP contribution in [0.15, 0.2) is 18.2 Å². The fraction of sp³-hybridized carbons (Fsp3) is 0.333. The van der Waals surface area contributed by atoms with E-state index in [-0.39, 0.29) is 5.92 Å². The van der Waals surface area contributed by atoms with E-state index in [1.165, 1.54) is 6.07 Å². The van der Waals surface area contributed by atoms with Crippen molar-refractivity contribution < 1.29 is 33.0 Å². The Balaban J connectivity index is 0.000000286. The molecule has 0 radical (unpaired) electrons. The molecule has 5 nitrogen and oxygen atoms in total. The van der Waals surface area contributed by atoms with Gasteiger partial charge in [-0.1, -0.05) is 6.07 Å². The average molecular weight is 291 g/mol. The number of hydrogen-bond acceptors (Lipinski definition) is 3. The highest BCUT2D eigenvalue weighted by Crippen LogP contribution is 2.32. The van der Waals surface area contributed by atoms with Crippen LogP contribution < -0.4 is 5.32 Å². The van der Waals surface area contributed by atoms with Crippen molar-refractivity contribution in [3.05, 3.63) is 35.4 Å². The van der Waals surface area contributed by atoms with Crippen molar-refractivity contribution in [2.24, 2.45) is 5.92 Å². The van der Waals surface area contributed by atoms with E-state index in [0.29, 0.717) is 13.1 Å². The summed E-state index contributed by atoms with van der Waals surface area (Å²) < 4.78 is 39.8. The maximum atomic E-state index is 13.6. The zero-order chi connectivity index (χ0) is 15.3. The first-order valence-corrected chi connectivity index (χ1v) is 5.59. The second kappa shape index (κ2) is 6.90. The monoisotopic (exact) mass is 291 g/mol. The third-order valence-electron chi connectivity index (χ3n) is 2.69. The molecule has 8 heteroatoms. The molecule has 1 aromatic rings. The van der Waals surface area contributed by atoms with Crippen LogP contribution in [0, 0.1) is 17.6 Å². The molecule has 0 saturated carbocycles. The van der Waals surface area contributed by atoms with E-state index in [2.05, 4.69) is 5.32 Å². The minimum absolute atomic E-state index is 0.304. The van der Waals surface area contributed by atoms with Gasteiger partial charge in [0.2, 0.25) is 0 Å². The van der Waals surface area contributed by atoms with E-state index in [4.69, 9.17) is 19.8 Å². The Morgan fingerprint density at radius 1 is 1.15 bits per heavy atom. The normalized spacial score (nSPS) is 15.6. The minimum Gasteiger partial charge on any atom is -0.473 e. The van der Waals surface area contributed by atoms with Gasteiger partial charge in [0.15, 0.2) is 0 Å². The molecular formula is C12H12F3NO4. The van der Waals surface area contributed by atoms with Crippen LogP contribution in [0.3, 0.4) is 0 Å². The molecule has 2 rings (SSSR count). The Labute approximate surface area is 112 Å². The maximum Gasteiger partial charge on any atom is 0.414 e. The molecule has 0 bridgehead atoms. The zero-order valence-electron chi connectivity index (χ0n) is 10.1. The van der Waals surface area contributed by atoms with Crippen LogP contribution in [-0.2, 0) is 9.59 Å². The predicted octanol–water partition coefficient (Wildman–Crippen LogP) is 1.35. The van der Waals surface area contributed by atoms with Gasteiger partial charge < -0.3 is 15.5 Å². The van der Waals surface area contributed by atoms with Crippen LogP contribution >= 0.6 is 0 Å². The molecule has 1 aliphatic heterocycles. The van der Waals surface area contributed by atoms with E-state index < -0.39 is 35.3 Å². The van der Waals surface area contributed by atoms with Crippen molar-refractivity contribution in [2.45, 2.75) is 6.17 Å². The minimum atomic E-state index is -1.82. The van der Waals surface area contributed by atoms with Gasteiger partial charge in [-0.15, -0.1) is 0 Å². The number of rotatable bonds is 2. The third-order valence-corrected chi connectivity index (χ3v) is 2.69. The number of aliphatic carboxylic acids is 2.